The molecule has 19 heavy (non-hydrogen) atoms. The number of carbonyl (C=O) groups is 1. The molecule has 0 atom stereocenters. The fourth-order valence-corrected chi connectivity index (χ4v) is 2.40. The summed E-state index contributed by atoms with van der Waals surface area (Å²) in [5.41, 5.74) is 0.883. The van der Waals surface area contributed by atoms with Gasteiger partial charge in [-0.05, 0) is 24.7 Å². The van der Waals surface area contributed by atoms with Gasteiger partial charge >= 0.3 is 0 Å². The molecule has 0 N–H and O–H groups in total. The van der Waals surface area contributed by atoms with Crippen molar-refractivity contribution in [1.82, 2.24) is 0 Å². The van der Waals surface area contributed by atoms with Gasteiger partial charge in [-0.25, -0.2) is 0 Å². The van der Waals surface area contributed by atoms with E-state index in [1.165, 1.54) is 0 Å². The van der Waals surface area contributed by atoms with Gasteiger partial charge in [-0.1, -0.05) is 80.7 Å². The van der Waals surface area contributed by atoms with Crippen molar-refractivity contribution < 1.29 is 4.79 Å². The van der Waals surface area contributed by atoms with E-state index in [1.54, 1.807) is 12.1 Å². The molecule has 0 amide bonds. The zero-order chi connectivity index (χ0) is 14.5. The lowest BCUT2D eigenvalue weighted by Crippen LogP contribution is -2.26. The summed E-state index contributed by atoms with van der Waals surface area (Å²) in [6, 6.07) is 8.99. The first-order valence-corrected chi connectivity index (χ1v) is 7.46. The summed E-state index contributed by atoms with van der Waals surface area (Å²) in [5.74, 6) is -0.202. The highest BCUT2D eigenvalue weighted by Crippen LogP contribution is 2.33. The van der Waals surface area contributed by atoms with Crippen molar-refractivity contribution in [2.45, 2.75) is 50.8 Å². The van der Waals surface area contributed by atoms with E-state index in [0.29, 0.717) is 17.4 Å². The summed E-state index contributed by atoms with van der Waals surface area (Å²) < 4.78 is -1.31. The van der Waals surface area contributed by atoms with Crippen LogP contribution in [0.4, 0.5) is 0 Å². The van der Waals surface area contributed by atoms with Crippen LogP contribution in [-0.4, -0.2) is 10.1 Å². The summed E-state index contributed by atoms with van der Waals surface area (Å²) in [4.78, 5) is 12.2. The lowest BCUT2D eigenvalue weighted by Gasteiger charge is -2.21. The molecule has 0 radical (unpaired) electrons. The zero-order valence-corrected chi connectivity index (χ0v) is 13.4. The summed E-state index contributed by atoms with van der Waals surface area (Å²) in [5, 5.41) is 0. The Labute approximate surface area is 126 Å². The molecule has 1 aromatic carbocycles. The van der Waals surface area contributed by atoms with Crippen molar-refractivity contribution in [1.29, 1.82) is 0 Å². The first-order valence-electron chi connectivity index (χ1n) is 6.70. The maximum Gasteiger partial charge on any atom is 0.198 e. The van der Waals surface area contributed by atoms with Crippen LogP contribution in [0.3, 0.4) is 0 Å². The monoisotopic (exact) mass is 300 g/mol. The molecular formula is C16H22Cl2O. The topological polar surface area (TPSA) is 17.1 Å². The lowest BCUT2D eigenvalue weighted by atomic mass is 9.89. The molecule has 1 aromatic rings. The number of hydrogen-bond donors (Lipinski definition) is 0. The van der Waals surface area contributed by atoms with Crippen molar-refractivity contribution in [3.05, 3.63) is 35.9 Å². The molecule has 0 heterocycles. The van der Waals surface area contributed by atoms with Crippen LogP contribution in [0, 0.1) is 5.41 Å². The van der Waals surface area contributed by atoms with Crippen LogP contribution in [-0.2, 0) is 0 Å². The highest BCUT2D eigenvalue weighted by atomic mass is 35.5. The van der Waals surface area contributed by atoms with E-state index < -0.39 is 4.33 Å². The zero-order valence-electron chi connectivity index (χ0n) is 11.9. The molecular weight excluding hydrogens is 279 g/mol. The standard InChI is InChI=1S/C16H22Cl2O/c1-15(2,3)11-7-8-12-16(17,18)14(19)13-9-5-4-6-10-13/h4-6,9-10H,7-8,11-12H2,1-3H3. The third-order valence-electron chi connectivity index (χ3n) is 3.04. The van der Waals surface area contributed by atoms with Gasteiger partial charge in [0, 0.05) is 5.56 Å². The second-order valence-electron chi connectivity index (χ2n) is 6.17. The quantitative estimate of drug-likeness (QED) is 0.377. The molecule has 106 valence electrons. The molecule has 3 heteroatoms. The summed E-state index contributed by atoms with van der Waals surface area (Å²) >= 11 is 12.4. The predicted molar refractivity (Wildman–Crippen MR) is 83.1 cm³/mol. The molecule has 0 spiro atoms. The molecule has 0 aliphatic carbocycles. The average molecular weight is 301 g/mol. The van der Waals surface area contributed by atoms with Gasteiger partial charge in [0.1, 0.15) is 0 Å². The van der Waals surface area contributed by atoms with Crippen molar-refractivity contribution >= 4 is 29.0 Å². The van der Waals surface area contributed by atoms with Crippen LogP contribution in [0.2, 0.25) is 0 Å². The van der Waals surface area contributed by atoms with Crippen molar-refractivity contribution in [2.75, 3.05) is 0 Å². The van der Waals surface area contributed by atoms with Gasteiger partial charge < -0.3 is 0 Å². The maximum atomic E-state index is 12.2. The first kappa shape index (κ1) is 16.5. The minimum absolute atomic E-state index is 0.202. The molecule has 1 rings (SSSR count). The molecule has 0 saturated carbocycles. The smallest absolute Gasteiger partial charge is 0.198 e. The molecule has 0 saturated heterocycles. The van der Waals surface area contributed by atoms with E-state index >= 15 is 0 Å². The number of hydrogen-bond acceptors (Lipinski definition) is 1. The van der Waals surface area contributed by atoms with Gasteiger partial charge in [0.25, 0.3) is 0 Å². The van der Waals surface area contributed by atoms with Crippen LogP contribution < -0.4 is 0 Å². The third-order valence-corrected chi connectivity index (χ3v) is 3.76. The number of benzene rings is 1. The molecule has 0 aliphatic heterocycles. The number of unbranched alkanes of at least 4 members (excludes halogenated alkanes) is 1. The molecule has 1 nitrogen and oxygen atoms in total. The van der Waals surface area contributed by atoms with E-state index in [9.17, 15) is 4.79 Å². The van der Waals surface area contributed by atoms with Crippen LogP contribution in [0.1, 0.15) is 56.8 Å². The highest BCUT2D eigenvalue weighted by Gasteiger charge is 2.33. The summed E-state index contributed by atoms with van der Waals surface area (Å²) in [7, 11) is 0. The number of halogens is 2. The number of alkyl halides is 2. The van der Waals surface area contributed by atoms with Crippen LogP contribution in [0.15, 0.2) is 30.3 Å². The van der Waals surface area contributed by atoms with Crippen LogP contribution in [0.5, 0.6) is 0 Å². The average Bonchev–Trinajstić information content (AvgIpc) is 2.34. The highest BCUT2D eigenvalue weighted by molar-refractivity contribution is 6.59. The summed E-state index contributed by atoms with van der Waals surface area (Å²) in [6.07, 6.45) is 3.51. The molecule has 0 aliphatic rings. The Bertz CT molecular complexity index is 405. The number of carbonyl (C=O) groups excluding carboxylic acids is 1. The third kappa shape index (κ3) is 5.97. The fourth-order valence-electron chi connectivity index (χ4n) is 1.92. The first-order chi connectivity index (χ1) is 8.72. The van der Waals surface area contributed by atoms with Crippen molar-refractivity contribution in [2.24, 2.45) is 5.41 Å². The Balaban J connectivity index is 2.50. The van der Waals surface area contributed by atoms with Gasteiger partial charge in [-0.15, -0.1) is 0 Å². The summed E-state index contributed by atoms with van der Waals surface area (Å²) in [6.45, 7) is 6.62. The second-order valence-corrected chi connectivity index (χ2v) is 7.65. The Morgan fingerprint density at radius 3 is 2.05 bits per heavy atom. The van der Waals surface area contributed by atoms with Crippen molar-refractivity contribution in [3.63, 3.8) is 0 Å². The van der Waals surface area contributed by atoms with E-state index in [2.05, 4.69) is 20.8 Å². The largest absolute Gasteiger partial charge is 0.291 e. The fraction of sp³-hybridized carbons (Fsp3) is 0.562. The maximum absolute atomic E-state index is 12.2. The van der Waals surface area contributed by atoms with Gasteiger partial charge in [-0.2, -0.15) is 0 Å². The van der Waals surface area contributed by atoms with Gasteiger partial charge in [-0.3, -0.25) is 4.79 Å². The van der Waals surface area contributed by atoms with Crippen molar-refractivity contribution in [3.8, 4) is 0 Å². The molecule has 0 unspecified atom stereocenters. The predicted octanol–water partition coefficient (Wildman–Crippen LogP) is 5.65. The Morgan fingerprint density at radius 2 is 1.53 bits per heavy atom. The molecule has 0 bridgehead atoms. The number of Topliss-reactive ketones (excluding diaryl/α,β-unsaturated/α-hetero) is 1. The Hall–Kier alpha value is -0.530. The van der Waals surface area contributed by atoms with Crippen LogP contribution >= 0.6 is 23.2 Å². The minimum atomic E-state index is -1.31. The number of rotatable bonds is 6. The second kappa shape index (κ2) is 6.76. The van der Waals surface area contributed by atoms with Gasteiger partial charge in [0.2, 0.25) is 0 Å². The van der Waals surface area contributed by atoms with E-state index in [4.69, 9.17) is 23.2 Å². The Morgan fingerprint density at radius 1 is 1.00 bits per heavy atom. The van der Waals surface area contributed by atoms with E-state index in [0.717, 1.165) is 19.3 Å². The van der Waals surface area contributed by atoms with Crippen LogP contribution in [0.25, 0.3) is 0 Å². The Kier molecular flexibility index (Phi) is 5.88. The minimum Gasteiger partial charge on any atom is -0.291 e. The molecule has 0 aromatic heterocycles. The number of ketones is 1. The van der Waals surface area contributed by atoms with E-state index in [-0.39, 0.29) is 5.78 Å². The normalized spacial score (nSPS) is 12.5. The molecule has 0 fully saturated rings. The van der Waals surface area contributed by atoms with E-state index in [1.807, 2.05) is 18.2 Å². The SMILES string of the molecule is CC(C)(C)CCCCC(Cl)(Cl)C(=O)c1ccccc1. The lowest BCUT2D eigenvalue weighted by molar-refractivity contribution is 0.0967. The van der Waals surface area contributed by atoms with Gasteiger partial charge in [0.15, 0.2) is 10.1 Å². The van der Waals surface area contributed by atoms with Gasteiger partial charge in [0.05, 0.1) is 0 Å².